The van der Waals surface area contributed by atoms with Crippen molar-refractivity contribution in [3.05, 3.63) is 34.1 Å². The summed E-state index contributed by atoms with van der Waals surface area (Å²) < 4.78 is 3.20. The fraction of sp³-hybridized carbons (Fsp3) is 0.308. The standard InChI is InChI=1S/C13H16BrN3S/c1-8-9(2)17(4)13(16-8)18-12-6-5-10(15-3)7-11(12)14/h5-7,15H,1-4H3. The molecule has 2 aromatic rings. The molecular weight excluding hydrogens is 310 g/mol. The van der Waals surface area contributed by atoms with Crippen molar-refractivity contribution in [1.82, 2.24) is 9.55 Å². The molecule has 96 valence electrons. The van der Waals surface area contributed by atoms with Crippen molar-refractivity contribution in [1.29, 1.82) is 0 Å². The summed E-state index contributed by atoms with van der Waals surface area (Å²) in [5, 5.41) is 4.14. The predicted molar refractivity (Wildman–Crippen MR) is 80.5 cm³/mol. The molecule has 2 rings (SSSR count). The summed E-state index contributed by atoms with van der Waals surface area (Å²) in [6, 6.07) is 6.24. The van der Waals surface area contributed by atoms with E-state index >= 15 is 0 Å². The van der Waals surface area contributed by atoms with Gasteiger partial charge in [-0.15, -0.1) is 0 Å². The van der Waals surface area contributed by atoms with E-state index in [1.165, 1.54) is 10.6 Å². The van der Waals surface area contributed by atoms with E-state index in [-0.39, 0.29) is 0 Å². The van der Waals surface area contributed by atoms with E-state index in [9.17, 15) is 0 Å². The molecule has 0 spiro atoms. The number of aryl methyl sites for hydroxylation is 1. The topological polar surface area (TPSA) is 29.9 Å². The number of halogens is 1. The van der Waals surface area contributed by atoms with E-state index in [1.54, 1.807) is 11.8 Å². The van der Waals surface area contributed by atoms with E-state index in [1.807, 2.05) is 21.0 Å². The Kier molecular flexibility index (Phi) is 4.02. The Bertz CT molecular complexity index is 578. The molecule has 0 saturated carbocycles. The molecular formula is C13H16BrN3S. The third-order valence-corrected chi connectivity index (χ3v) is 5.04. The molecule has 0 bridgehead atoms. The zero-order valence-electron chi connectivity index (χ0n) is 10.9. The summed E-state index contributed by atoms with van der Waals surface area (Å²) in [5.74, 6) is 0. The van der Waals surface area contributed by atoms with Crippen molar-refractivity contribution in [3.63, 3.8) is 0 Å². The number of hydrogen-bond donors (Lipinski definition) is 1. The van der Waals surface area contributed by atoms with Crippen molar-refractivity contribution < 1.29 is 0 Å². The molecule has 1 N–H and O–H groups in total. The van der Waals surface area contributed by atoms with Gasteiger partial charge in [-0.2, -0.15) is 0 Å². The first-order valence-corrected chi connectivity index (χ1v) is 7.29. The summed E-state index contributed by atoms with van der Waals surface area (Å²) >= 11 is 5.27. The first kappa shape index (κ1) is 13.5. The lowest BCUT2D eigenvalue weighted by Crippen LogP contribution is -1.93. The van der Waals surface area contributed by atoms with Gasteiger partial charge in [0, 0.05) is 34.8 Å². The fourth-order valence-electron chi connectivity index (χ4n) is 1.61. The number of nitrogens with zero attached hydrogens (tertiary/aromatic N) is 2. The minimum Gasteiger partial charge on any atom is -0.388 e. The molecule has 0 aliphatic heterocycles. The number of rotatable bonds is 3. The maximum Gasteiger partial charge on any atom is 0.173 e. The second-order valence-electron chi connectivity index (χ2n) is 4.12. The van der Waals surface area contributed by atoms with E-state index in [2.05, 4.69) is 55.9 Å². The molecule has 5 heteroatoms. The average Bonchev–Trinajstić information content (AvgIpc) is 2.59. The van der Waals surface area contributed by atoms with Gasteiger partial charge < -0.3 is 9.88 Å². The van der Waals surface area contributed by atoms with E-state index in [0.29, 0.717) is 0 Å². The smallest absolute Gasteiger partial charge is 0.173 e. The number of nitrogens with one attached hydrogen (secondary N) is 1. The maximum atomic E-state index is 4.58. The Labute approximate surface area is 120 Å². The summed E-state index contributed by atoms with van der Waals surface area (Å²) in [5.41, 5.74) is 3.39. The predicted octanol–water partition coefficient (Wildman–Crippen LogP) is 3.99. The van der Waals surface area contributed by atoms with Gasteiger partial charge in [-0.05, 0) is 48.0 Å². The molecule has 0 aliphatic rings. The van der Waals surface area contributed by atoms with E-state index in [4.69, 9.17) is 0 Å². The van der Waals surface area contributed by atoms with Gasteiger partial charge in [-0.1, -0.05) is 11.8 Å². The first-order valence-electron chi connectivity index (χ1n) is 5.68. The van der Waals surface area contributed by atoms with Gasteiger partial charge in [0.15, 0.2) is 5.16 Å². The lowest BCUT2D eigenvalue weighted by Gasteiger charge is -2.07. The van der Waals surface area contributed by atoms with Gasteiger partial charge in [-0.25, -0.2) is 4.98 Å². The van der Waals surface area contributed by atoms with Gasteiger partial charge in [0.1, 0.15) is 0 Å². The van der Waals surface area contributed by atoms with Crippen molar-refractivity contribution in [3.8, 4) is 0 Å². The van der Waals surface area contributed by atoms with Crippen LogP contribution in [0.4, 0.5) is 5.69 Å². The summed E-state index contributed by atoms with van der Waals surface area (Å²) in [7, 11) is 3.97. The molecule has 0 unspecified atom stereocenters. The van der Waals surface area contributed by atoms with Crippen LogP contribution in [0.1, 0.15) is 11.4 Å². The van der Waals surface area contributed by atoms with Gasteiger partial charge in [-0.3, -0.25) is 0 Å². The highest BCUT2D eigenvalue weighted by Gasteiger charge is 2.11. The van der Waals surface area contributed by atoms with Gasteiger partial charge in [0.2, 0.25) is 0 Å². The normalized spacial score (nSPS) is 10.7. The zero-order valence-corrected chi connectivity index (χ0v) is 13.3. The molecule has 0 radical (unpaired) electrons. The Hall–Kier alpha value is -0.940. The SMILES string of the molecule is CNc1ccc(Sc2nc(C)c(C)n2C)c(Br)c1. The molecule has 18 heavy (non-hydrogen) atoms. The van der Waals surface area contributed by atoms with Crippen LogP contribution in [0.5, 0.6) is 0 Å². The number of imidazole rings is 1. The van der Waals surface area contributed by atoms with Crippen LogP contribution in [0.3, 0.4) is 0 Å². The van der Waals surface area contributed by atoms with Crippen LogP contribution in [0.15, 0.2) is 32.7 Å². The molecule has 0 saturated heterocycles. The lowest BCUT2D eigenvalue weighted by molar-refractivity contribution is 0.765. The minimum atomic E-state index is 1.02. The highest BCUT2D eigenvalue weighted by atomic mass is 79.9. The van der Waals surface area contributed by atoms with E-state index in [0.717, 1.165) is 21.0 Å². The molecule has 0 amide bonds. The third kappa shape index (κ3) is 2.57. The molecule has 0 atom stereocenters. The Morgan fingerprint density at radius 1 is 1.33 bits per heavy atom. The molecule has 1 heterocycles. The largest absolute Gasteiger partial charge is 0.388 e. The zero-order chi connectivity index (χ0) is 13.3. The highest BCUT2D eigenvalue weighted by Crippen LogP contribution is 2.34. The van der Waals surface area contributed by atoms with Crippen molar-refractivity contribution in [2.24, 2.45) is 7.05 Å². The Morgan fingerprint density at radius 2 is 2.06 bits per heavy atom. The highest BCUT2D eigenvalue weighted by molar-refractivity contribution is 9.10. The summed E-state index contributed by atoms with van der Waals surface area (Å²) in [6.45, 7) is 4.13. The van der Waals surface area contributed by atoms with Crippen LogP contribution in [-0.2, 0) is 7.05 Å². The molecule has 0 fully saturated rings. The molecule has 1 aromatic heterocycles. The number of hydrogen-bond acceptors (Lipinski definition) is 3. The van der Waals surface area contributed by atoms with Crippen LogP contribution in [0.2, 0.25) is 0 Å². The molecule has 3 nitrogen and oxygen atoms in total. The van der Waals surface area contributed by atoms with E-state index < -0.39 is 0 Å². The van der Waals surface area contributed by atoms with Crippen molar-refractivity contribution >= 4 is 33.4 Å². The van der Waals surface area contributed by atoms with Gasteiger partial charge >= 0.3 is 0 Å². The number of aromatic nitrogens is 2. The van der Waals surface area contributed by atoms with Crippen LogP contribution < -0.4 is 5.32 Å². The van der Waals surface area contributed by atoms with Crippen molar-refractivity contribution in [2.45, 2.75) is 23.9 Å². The van der Waals surface area contributed by atoms with Crippen molar-refractivity contribution in [2.75, 3.05) is 12.4 Å². The van der Waals surface area contributed by atoms with Gasteiger partial charge in [0.25, 0.3) is 0 Å². The molecule has 1 aromatic carbocycles. The fourth-order valence-corrected chi connectivity index (χ4v) is 3.18. The van der Waals surface area contributed by atoms with Gasteiger partial charge in [0.05, 0.1) is 5.69 Å². The summed E-state index contributed by atoms with van der Waals surface area (Å²) in [6.07, 6.45) is 0. The lowest BCUT2D eigenvalue weighted by atomic mass is 10.3. The number of anilines is 1. The second-order valence-corrected chi connectivity index (χ2v) is 5.98. The quantitative estimate of drug-likeness (QED) is 0.925. The third-order valence-electron chi connectivity index (χ3n) is 3.00. The maximum absolute atomic E-state index is 4.58. The first-order chi connectivity index (χ1) is 8.52. The van der Waals surface area contributed by atoms with Crippen LogP contribution in [0.25, 0.3) is 0 Å². The minimum absolute atomic E-state index is 1.02. The van der Waals surface area contributed by atoms with Crippen LogP contribution in [-0.4, -0.2) is 16.6 Å². The van der Waals surface area contributed by atoms with Crippen LogP contribution >= 0.6 is 27.7 Å². The Balaban J connectivity index is 2.31. The summed E-state index contributed by atoms with van der Waals surface area (Å²) in [4.78, 5) is 5.75. The molecule has 0 aliphatic carbocycles. The second kappa shape index (κ2) is 5.36. The Morgan fingerprint density at radius 3 is 2.56 bits per heavy atom. The average molecular weight is 326 g/mol. The number of benzene rings is 1. The monoisotopic (exact) mass is 325 g/mol. The van der Waals surface area contributed by atoms with Crippen LogP contribution in [0, 0.1) is 13.8 Å².